The van der Waals surface area contributed by atoms with Crippen LogP contribution in [0.5, 0.6) is 11.6 Å². The first-order chi connectivity index (χ1) is 17.3. The molecule has 4 aromatic rings. The third-order valence-electron chi connectivity index (χ3n) is 6.60. The summed E-state index contributed by atoms with van der Waals surface area (Å²) in [7, 11) is 4.94. The number of methoxy groups -OCH3 is 1. The van der Waals surface area contributed by atoms with Gasteiger partial charge in [0.15, 0.2) is 0 Å². The van der Waals surface area contributed by atoms with Crippen molar-refractivity contribution in [3.05, 3.63) is 73.3 Å². The molecule has 0 amide bonds. The van der Waals surface area contributed by atoms with Crippen LogP contribution in [0, 0.1) is 0 Å². The fourth-order valence-electron chi connectivity index (χ4n) is 4.60. The molecule has 0 saturated carbocycles. The van der Waals surface area contributed by atoms with Gasteiger partial charge in [-0.25, -0.2) is 14.2 Å². The van der Waals surface area contributed by atoms with E-state index in [-0.39, 0.29) is 11.3 Å². The number of hydrogen-bond donors (Lipinski definition) is 2. The number of aromatic hydroxyl groups is 1. The van der Waals surface area contributed by atoms with Crippen molar-refractivity contribution in [2.75, 3.05) is 25.1 Å². The third-order valence-corrected chi connectivity index (χ3v) is 6.60. The van der Waals surface area contributed by atoms with Gasteiger partial charge in [0.25, 0.3) is 5.56 Å². The first-order valence-corrected chi connectivity index (χ1v) is 11.5. The highest BCUT2D eigenvalue weighted by molar-refractivity contribution is 5.92. The maximum absolute atomic E-state index is 12.6. The highest BCUT2D eigenvalue weighted by Gasteiger charge is 2.20. The minimum Gasteiger partial charge on any atom is -0.497 e. The molecular weight excluding hydrogens is 464 g/mol. The molecule has 1 saturated heterocycles. The summed E-state index contributed by atoms with van der Waals surface area (Å²) in [5.74, 6) is 0.0474. The van der Waals surface area contributed by atoms with E-state index >= 15 is 0 Å². The fourth-order valence-corrected chi connectivity index (χ4v) is 4.60. The zero-order valence-electron chi connectivity index (χ0n) is 20.2. The summed E-state index contributed by atoms with van der Waals surface area (Å²) in [6.07, 6.45) is 3.33. The van der Waals surface area contributed by atoms with Gasteiger partial charge in [-0.2, -0.15) is 0 Å². The molecule has 36 heavy (non-hydrogen) atoms. The smallest absolute Gasteiger partial charge is 0.335 e. The van der Waals surface area contributed by atoms with Crippen LogP contribution in [0.15, 0.2) is 55.8 Å². The number of benzene rings is 2. The van der Waals surface area contributed by atoms with E-state index in [0.717, 1.165) is 41.7 Å². The number of fused-ring (bicyclic) bond motifs is 1. The van der Waals surface area contributed by atoms with Crippen molar-refractivity contribution in [2.45, 2.75) is 12.8 Å². The number of aromatic nitrogens is 4. The lowest BCUT2D eigenvalue weighted by Crippen LogP contribution is -2.31. The summed E-state index contributed by atoms with van der Waals surface area (Å²) in [5, 5.41) is 10.9. The Hall–Kier alpha value is -4.54. The Kier molecular flexibility index (Phi) is 5.75. The number of aliphatic imine (C=N–C) groups is 1. The van der Waals surface area contributed by atoms with Gasteiger partial charge in [0.2, 0.25) is 5.88 Å². The molecule has 0 atom stereocenters. The number of aryl methyl sites for hydroxylation is 2. The Bertz CT molecular complexity index is 1670. The van der Waals surface area contributed by atoms with Crippen LogP contribution < -0.4 is 26.6 Å². The van der Waals surface area contributed by atoms with Gasteiger partial charge in [0.05, 0.1) is 35.2 Å². The monoisotopic (exact) mass is 490 g/mol. The van der Waals surface area contributed by atoms with Crippen LogP contribution in [-0.4, -0.2) is 50.2 Å². The van der Waals surface area contributed by atoms with Crippen molar-refractivity contribution in [1.82, 2.24) is 18.7 Å². The van der Waals surface area contributed by atoms with Gasteiger partial charge in [0.1, 0.15) is 11.3 Å². The number of rotatable bonds is 5. The first kappa shape index (κ1) is 23.2. The average molecular weight is 491 g/mol. The highest BCUT2D eigenvalue weighted by Crippen LogP contribution is 2.35. The first-order valence-electron chi connectivity index (χ1n) is 11.5. The summed E-state index contributed by atoms with van der Waals surface area (Å²) in [6, 6.07) is 10.2. The Morgan fingerprint density at radius 2 is 1.64 bits per heavy atom. The predicted octanol–water partition coefficient (Wildman–Crippen LogP) is 1.78. The van der Waals surface area contributed by atoms with Gasteiger partial charge in [-0.3, -0.25) is 23.9 Å². The Balaban J connectivity index is 1.65. The topological polar surface area (TPSA) is 127 Å². The van der Waals surface area contributed by atoms with Crippen molar-refractivity contribution >= 4 is 28.6 Å². The largest absolute Gasteiger partial charge is 0.497 e. The van der Waals surface area contributed by atoms with Crippen LogP contribution in [0.25, 0.3) is 16.7 Å². The molecular formula is C25H26N6O5. The summed E-state index contributed by atoms with van der Waals surface area (Å²) in [6.45, 7) is 1.70. The number of hydrogen-bond acceptors (Lipinski definition) is 7. The Labute approximate surface area is 205 Å². The van der Waals surface area contributed by atoms with E-state index in [4.69, 9.17) is 4.74 Å². The van der Waals surface area contributed by atoms with Crippen LogP contribution in [-0.2, 0) is 14.1 Å². The van der Waals surface area contributed by atoms with Crippen LogP contribution >= 0.6 is 0 Å². The number of aromatic amines is 1. The second-order valence-corrected chi connectivity index (χ2v) is 8.71. The molecule has 0 bridgehead atoms. The van der Waals surface area contributed by atoms with E-state index in [2.05, 4.69) is 14.9 Å². The molecule has 186 valence electrons. The summed E-state index contributed by atoms with van der Waals surface area (Å²) in [5.41, 5.74) is 1.33. The number of ether oxygens (including phenoxy) is 1. The zero-order chi connectivity index (χ0) is 25.6. The molecule has 1 aliphatic heterocycles. The van der Waals surface area contributed by atoms with Crippen molar-refractivity contribution in [1.29, 1.82) is 0 Å². The van der Waals surface area contributed by atoms with E-state index in [1.54, 1.807) is 49.0 Å². The molecule has 3 heterocycles. The predicted molar refractivity (Wildman–Crippen MR) is 138 cm³/mol. The minimum atomic E-state index is -0.779. The molecule has 11 heteroatoms. The average Bonchev–Trinajstić information content (AvgIpc) is 3.48. The van der Waals surface area contributed by atoms with Crippen LogP contribution in [0.1, 0.15) is 18.4 Å². The normalized spacial score (nSPS) is 13.8. The lowest BCUT2D eigenvalue weighted by atomic mass is 10.2. The number of anilines is 1. The SMILES string of the molecule is COc1ccc(-n2c(O)c(C=Nc3cc4c(cc3N3CCCC3)n(C)c(=O)n4C)c(=O)[nH]c2=O)cc1. The van der Waals surface area contributed by atoms with Gasteiger partial charge >= 0.3 is 11.4 Å². The number of imidazole rings is 1. The molecule has 2 aromatic heterocycles. The zero-order valence-corrected chi connectivity index (χ0v) is 20.2. The lowest BCUT2D eigenvalue weighted by Gasteiger charge is -2.20. The lowest BCUT2D eigenvalue weighted by molar-refractivity contribution is 0.414. The molecule has 0 aliphatic carbocycles. The van der Waals surface area contributed by atoms with Gasteiger partial charge in [-0.15, -0.1) is 0 Å². The van der Waals surface area contributed by atoms with Crippen LogP contribution in [0.3, 0.4) is 0 Å². The minimum absolute atomic E-state index is 0.154. The Morgan fingerprint density at radius 3 is 2.28 bits per heavy atom. The molecule has 0 radical (unpaired) electrons. The second-order valence-electron chi connectivity index (χ2n) is 8.71. The van der Waals surface area contributed by atoms with E-state index in [1.165, 1.54) is 17.9 Å². The third kappa shape index (κ3) is 3.78. The maximum atomic E-state index is 12.6. The van der Waals surface area contributed by atoms with E-state index in [0.29, 0.717) is 22.6 Å². The Morgan fingerprint density at radius 1 is 1.00 bits per heavy atom. The van der Waals surface area contributed by atoms with Crippen molar-refractivity contribution in [3.63, 3.8) is 0 Å². The van der Waals surface area contributed by atoms with Crippen molar-refractivity contribution in [2.24, 2.45) is 19.1 Å². The summed E-state index contributed by atoms with van der Waals surface area (Å²) < 4.78 is 9.26. The number of H-pyrrole nitrogens is 1. The number of nitrogens with zero attached hydrogens (tertiary/aromatic N) is 5. The van der Waals surface area contributed by atoms with Crippen molar-refractivity contribution in [3.8, 4) is 17.3 Å². The van der Waals surface area contributed by atoms with E-state index in [1.807, 2.05) is 6.07 Å². The second kappa shape index (κ2) is 8.91. The quantitative estimate of drug-likeness (QED) is 0.411. The standard InChI is InChI=1S/C25H26N6O5/c1-28-20-12-18(19(30-10-4-5-11-30)13-21(20)29(2)25(28)35)26-14-17-22(32)27-24(34)31(23(17)33)15-6-8-16(36-3)9-7-15/h6-9,12-14,33H,4-5,10-11H2,1-3H3,(H,27,32,34). The summed E-state index contributed by atoms with van der Waals surface area (Å²) in [4.78, 5) is 46.6. The highest BCUT2D eigenvalue weighted by atomic mass is 16.5. The van der Waals surface area contributed by atoms with Crippen LogP contribution in [0.2, 0.25) is 0 Å². The molecule has 2 aromatic carbocycles. The van der Waals surface area contributed by atoms with E-state index in [9.17, 15) is 19.5 Å². The van der Waals surface area contributed by atoms with Gasteiger partial charge in [-0.05, 0) is 49.2 Å². The molecule has 1 aliphatic rings. The van der Waals surface area contributed by atoms with Gasteiger partial charge in [0, 0.05) is 33.4 Å². The fraction of sp³-hybridized carbons (Fsp3) is 0.280. The molecule has 0 spiro atoms. The van der Waals surface area contributed by atoms with Gasteiger partial charge in [-0.1, -0.05) is 0 Å². The van der Waals surface area contributed by atoms with Crippen molar-refractivity contribution < 1.29 is 9.84 Å². The number of nitrogens with one attached hydrogen (secondary N) is 1. The molecule has 11 nitrogen and oxygen atoms in total. The molecule has 1 fully saturated rings. The van der Waals surface area contributed by atoms with E-state index < -0.39 is 17.1 Å². The molecule has 2 N–H and O–H groups in total. The molecule has 0 unspecified atom stereocenters. The maximum Gasteiger partial charge on any atom is 0.335 e. The summed E-state index contributed by atoms with van der Waals surface area (Å²) >= 11 is 0. The molecule has 5 rings (SSSR count). The van der Waals surface area contributed by atoms with Crippen LogP contribution in [0.4, 0.5) is 11.4 Å². The van der Waals surface area contributed by atoms with Gasteiger partial charge < -0.3 is 14.7 Å².